The third-order valence-corrected chi connectivity index (χ3v) is 5.65. The third-order valence-electron chi connectivity index (χ3n) is 4.09. The number of rotatable bonds is 7. The average molecular weight is 360 g/mol. The highest BCUT2D eigenvalue weighted by Crippen LogP contribution is 2.29. The highest BCUT2D eigenvalue weighted by atomic mass is 32.2. The molecule has 25 heavy (non-hydrogen) atoms. The van der Waals surface area contributed by atoms with Gasteiger partial charge in [-0.2, -0.15) is 0 Å². The van der Waals surface area contributed by atoms with Crippen molar-refractivity contribution in [2.45, 2.75) is 36.7 Å². The summed E-state index contributed by atoms with van der Waals surface area (Å²) in [6.07, 6.45) is 1.61. The molecule has 0 radical (unpaired) electrons. The van der Waals surface area contributed by atoms with E-state index >= 15 is 0 Å². The van der Waals surface area contributed by atoms with Crippen LogP contribution in [-0.2, 0) is 10.0 Å². The van der Waals surface area contributed by atoms with Crippen molar-refractivity contribution >= 4 is 21.7 Å². The predicted molar refractivity (Wildman–Crippen MR) is 95.2 cm³/mol. The zero-order valence-electron chi connectivity index (χ0n) is 13.8. The van der Waals surface area contributed by atoms with Crippen molar-refractivity contribution in [1.82, 2.24) is 4.72 Å². The third kappa shape index (κ3) is 4.18. The van der Waals surface area contributed by atoms with Crippen LogP contribution in [-0.4, -0.2) is 25.5 Å². The van der Waals surface area contributed by atoms with Gasteiger partial charge in [0.2, 0.25) is 10.0 Å². The number of aromatic carboxylic acids is 1. The van der Waals surface area contributed by atoms with Crippen molar-refractivity contribution in [1.29, 1.82) is 0 Å². The average Bonchev–Trinajstić information content (AvgIpc) is 3.39. The molecule has 1 fully saturated rings. The van der Waals surface area contributed by atoms with E-state index in [0.717, 1.165) is 18.4 Å². The monoisotopic (exact) mass is 360 g/mol. The van der Waals surface area contributed by atoms with Crippen molar-refractivity contribution < 1.29 is 18.3 Å². The van der Waals surface area contributed by atoms with Crippen LogP contribution in [0.15, 0.2) is 53.4 Å². The molecule has 0 spiro atoms. The van der Waals surface area contributed by atoms with Crippen LogP contribution in [0.5, 0.6) is 0 Å². The summed E-state index contributed by atoms with van der Waals surface area (Å²) in [6, 6.07) is 13.5. The van der Waals surface area contributed by atoms with Crippen LogP contribution >= 0.6 is 0 Å². The SMILES string of the molecule is C[C@H](Nc1ccc(C(=O)O)cc1S(=O)(=O)NC1CC1)c1ccccc1. The first kappa shape index (κ1) is 17.4. The number of anilines is 1. The minimum absolute atomic E-state index is 0.0397. The second-order valence-corrected chi connectivity index (χ2v) is 7.87. The van der Waals surface area contributed by atoms with E-state index in [1.807, 2.05) is 37.3 Å². The molecule has 1 aliphatic rings. The molecule has 0 heterocycles. The Bertz CT molecular complexity index is 877. The van der Waals surface area contributed by atoms with Gasteiger partial charge in [-0.05, 0) is 43.5 Å². The van der Waals surface area contributed by atoms with Gasteiger partial charge in [0.05, 0.1) is 11.3 Å². The Balaban J connectivity index is 1.96. The number of hydrogen-bond donors (Lipinski definition) is 3. The molecule has 7 heteroatoms. The normalized spacial score (nSPS) is 15.6. The first-order valence-corrected chi connectivity index (χ1v) is 9.56. The van der Waals surface area contributed by atoms with Gasteiger partial charge in [0.25, 0.3) is 0 Å². The summed E-state index contributed by atoms with van der Waals surface area (Å²) >= 11 is 0. The highest BCUT2D eigenvalue weighted by molar-refractivity contribution is 7.89. The lowest BCUT2D eigenvalue weighted by Crippen LogP contribution is -2.27. The van der Waals surface area contributed by atoms with Crippen LogP contribution < -0.4 is 10.0 Å². The van der Waals surface area contributed by atoms with Crippen LogP contribution in [0.1, 0.15) is 41.7 Å². The van der Waals surface area contributed by atoms with Crippen LogP contribution in [0.2, 0.25) is 0 Å². The fraction of sp³-hybridized carbons (Fsp3) is 0.278. The van der Waals surface area contributed by atoms with Gasteiger partial charge in [-0.25, -0.2) is 17.9 Å². The van der Waals surface area contributed by atoms with E-state index in [4.69, 9.17) is 0 Å². The van der Waals surface area contributed by atoms with E-state index in [9.17, 15) is 18.3 Å². The molecule has 1 atom stereocenters. The Morgan fingerprint density at radius 1 is 1.16 bits per heavy atom. The maximum atomic E-state index is 12.7. The molecule has 3 rings (SSSR count). The number of carboxylic acids is 1. The molecule has 0 amide bonds. The Morgan fingerprint density at radius 2 is 1.84 bits per heavy atom. The van der Waals surface area contributed by atoms with Crippen molar-refractivity contribution in [2.24, 2.45) is 0 Å². The largest absolute Gasteiger partial charge is 0.478 e. The molecule has 6 nitrogen and oxygen atoms in total. The molecule has 0 aliphatic heterocycles. The molecule has 0 bridgehead atoms. The second-order valence-electron chi connectivity index (χ2n) is 6.19. The summed E-state index contributed by atoms with van der Waals surface area (Å²) in [7, 11) is -3.79. The Morgan fingerprint density at radius 3 is 2.44 bits per heavy atom. The molecule has 0 saturated heterocycles. The Hall–Kier alpha value is -2.38. The molecule has 1 aliphatic carbocycles. The first-order chi connectivity index (χ1) is 11.9. The Kier molecular flexibility index (Phi) is 4.78. The topological polar surface area (TPSA) is 95.5 Å². The lowest BCUT2D eigenvalue weighted by atomic mass is 10.1. The quantitative estimate of drug-likeness (QED) is 0.705. The zero-order chi connectivity index (χ0) is 18.0. The maximum absolute atomic E-state index is 12.7. The fourth-order valence-electron chi connectivity index (χ4n) is 2.54. The number of benzene rings is 2. The Labute approximate surface area is 146 Å². The summed E-state index contributed by atoms with van der Waals surface area (Å²) in [4.78, 5) is 11.2. The fourth-order valence-corrected chi connectivity index (χ4v) is 4.04. The summed E-state index contributed by atoms with van der Waals surface area (Å²) in [5, 5.41) is 12.4. The van der Waals surface area contributed by atoms with Gasteiger partial charge in [0.15, 0.2) is 0 Å². The van der Waals surface area contributed by atoms with Crippen molar-refractivity contribution in [3.8, 4) is 0 Å². The summed E-state index contributed by atoms with van der Waals surface area (Å²) in [5.74, 6) is -1.16. The van der Waals surface area contributed by atoms with Crippen molar-refractivity contribution in [3.63, 3.8) is 0 Å². The number of sulfonamides is 1. The molecule has 0 aromatic heterocycles. The molecule has 132 valence electrons. The van der Waals surface area contributed by atoms with Crippen LogP contribution in [0.25, 0.3) is 0 Å². The highest BCUT2D eigenvalue weighted by Gasteiger charge is 2.30. The summed E-state index contributed by atoms with van der Waals surface area (Å²) in [6.45, 7) is 1.92. The standard InChI is InChI=1S/C18H20N2O4S/c1-12(13-5-3-2-4-6-13)19-16-10-7-14(18(21)22)11-17(16)25(23,24)20-15-8-9-15/h2-7,10-12,15,19-20H,8-9H2,1H3,(H,21,22)/t12-/m0/s1. The lowest BCUT2D eigenvalue weighted by molar-refractivity contribution is 0.0696. The van der Waals surface area contributed by atoms with Gasteiger partial charge in [0.1, 0.15) is 4.90 Å². The molecule has 1 saturated carbocycles. The van der Waals surface area contributed by atoms with Gasteiger partial charge in [-0.1, -0.05) is 30.3 Å². The van der Waals surface area contributed by atoms with Crippen molar-refractivity contribution in [2.75, 3.05) is 5.32 Å². The number of nitrogens with one attached hydrogen (secondary N) is 2. The van der Waals surface area contributed by atoms with E-state index < -0.39 is 16.0 Å². The number of carbonyl (C=O) groups is 1. The summed E-state index contributed by atoms with van der Waals surface area (Å²) in [5.41, 5.74) is 1.33. The van der Waals surface area contributed by atoms with Crippen LogP contribution in [0, 0.1) is 0 Å². The molecular formula is C18H20N2O4S. The zero-order valence-corrected chi connectivity index (χ0v) is 14.6. The van der Waals surface area contributed by atoms with Crippen LogP contribution in [0.4, 0.5) is 5.69 Å². The van der Waals surface area contributed by atoms with E-state index in [1.165, 1.54) is 18.2 Å². The molecular weight excluding hydrogens is 340 g/mol. The maximum Gasteiger partial charge on any atom is 0.335 e. The number of carboxylic acid groups (broad SMARTS) is 1. The summed E-state index contributed by atoms with van der Waals surface area (Å²) < 4.78 is 27.9. The van der Waals surface area contributed by atoms with E-state index in [0.29, 0.717) is 5.69 Å². The van der Waals surface area contributed by atoms with E-state index in [2.05, 4.69) is 10.0 Å². The van der Waals surface area contributed by atoms with E-state index in [1.54, 1.807) is 0 Å². The van der Waals surface area contributed by atoms with Gasteiger partial charge in [0, 0.05) is 12.1 Å². The van der Waals surface area contributed by atoms with E-state index in [-0.39, 0.29) is 22.5 Å². The smallest absolute Gasteiger partial charge is 0.335 e. The second kappa shape index (κ2) is 6.85. The van der Waals surface area contributed by atoms with Crippen molar-refractivity contribution in [3.05, 3.63) is 59.7 Å². The van der Waals surface area contributed by atoms with Crippen LogP contribution in [0.3, 0.4) is 0 Å². The molecule has 0 unspecified atom stereocenters. The molecule has 3 N–H and O–H groups in total. The van der Waals surface area contributed by atoms with Gasteiger partial charge in [-0.15, -0.1) is 0 Å². The first-order valence-electron chi connectivity index (χ1n) is 8.08. The van der Waals surface area contributed by atoms with Gasteiger partial charge < -0.3 is 10.4 Å². The minimum Gasteiger partial charge on any atom is -0.478 e. The molecule has 2 aromatic rings. The molecule has 2 aromatic carbocycles. The number of hydrogen-bond acceptors (Lipinski definition) is 4. The van der Waals surface area contributed by atoms with Gasteiger partial charge in [-0.3, -0.25) is 0 Å². The minimum atomic E-state index is -3.79. The predicted octanol–water partition coefficient (Wildman–Crippen LogP) is 3.00. The lowest BCUT2D eigenvalue weighted by Gasteiger charge is -2.19. The van der Waals surface area contributed by atoms with Gasteiger partial charge >= 0.3 is 5.97 Å².